The Kier molecular flexibility index (Phi) is 8.46. The number of ether oxygens (including phenoxy) is 3. The number of allylic oxidation sites excluding steroid dienone is 1. The molecule has 3 aromatic carbocycles. The second-order valence-electron chi connectivity index (χ2n) is 8.75. The van der Waals surface area contributed by atoms with E-state index in [1.54, 1.807) is 14.2 Å². The highest BCUT2D eigenvalue weighted by molar-refractivity contribution is 5.79. The number of hydrogen-bond acceptors (Lipinski definition) is 5. The molecule has 0 saturated carbocycles. The van der Waals surface area contributed by atoms with Crippen molar-refractivity contribution in [3.8, 4) is 17.2 Å². The van der Waals surface area contributed by atoms with Crippen LogP contribution in [0.1, 0.15) is 29.9 Å². The van der Waals surface area contributed by atoms with Crippen LogP contribution in [-0.2, 0) is 24.2 Å². The summed E-state index contributed by atoms with van der Waals surface area (Å²) in [7, 11) is 3.26. The zero-order chi connectivity index (χ0) is 26.2. The molecule has 1 unspecified atom stereocenters. The summed E-state index contributed by atoms with van der Waals surface area (Å²) in [4.78, 5) is 17.6. The molecule has 4 rings (SSSR count). The average Bonchev–Trinajstić information content (AvgIpc) is 3.28. The van der Waals surface area contributed by atoms with Crippen LogP contribution in [-0.4, -0.2) is 36.3 Å². The van der Waals surface area contributed by atoms with Gasteiger partial charge in [0.1, 0.15) is 18.2 Å². The molecule has 1 atom stereocenters. The van der Waals surface area contributed by atoms with Crippen molar-refractivity contribution in [2.75, 3.05) is 20.8 Å². The molecule has 0 bridgehead atoms. The van der Waals surface area contributed by atoms with Crippen molar-refractivity contribution < 1.29 is 19.0 Å². The molecular formula is C30H33N3O4. The standard InChI is InChI=1S/C30H33N3O4/c1-5-8-22-13-16-27(28(19-22)36-4)37-18-17-33-26-10-7-6-9-25(26)32-30(33)21(2)31-29(34)20-23-11-14-24(35-3)15-12-23/h5-7,9-16,19,21H,1,8,17-18,20H2,2-4H3,(H,31,34). The number of methoxy groups -OCH3 is 2. The summed E-state index contributed by atoms with van der Waals surface area (Å²) in [5.41, 5.74) is 3.90. The fourth-order valence-corrected chi connectivity index (χ4v) is 4.32. The molecular weight excluding hydrogens is 466 g/mol. The van der Waals surface area contributed by atoms with Crippen LogP contribution in [0.25, 0.3) is 11.0 Å². The number of para-hydroxylation sites is 2. The van der Waals surface area contributed by atoms with Gasteiger partial charge in [-0.05, 0) is 60.9 Å². The maximum absolute atomic E-state index is 12.8. The Morgan fingerprint density at radius 3 is 2.51 bits per heavy atom. The molecule has 1 amide bonds. The van der Waals surface area contributed by atoms with Crippen LogP contribution in [0.3, 0.4) is 0 Å². The first-order valence-electron chi connectivity index (χ1n) is 12.3. The third-order valence-electron chi connectivity index (χ3n) is 6.15. The predicted octanol–water partition coefficient (Wildman–Crippen LogP) is 5.28. The number of nitrogens with zero attached hydrogens (tertiary/aromatic N) is 2. The third-order valence-corrected chi connectivity index (χ3v) is 6.15. The van der Waals surface area contributed by atoms with Crippen molar-refractivity contribution in [1.29, 1.82) is 0 Å². The first kappa shape index (κ1) is 25.8. The van der Waals surface area contributed by atoms with Gasteiger partial charge in [-0.15, -0.1) is 6.58 Å². The van der Waals surface area contributed by atoms with Crippen LogP contribution in [0, 0.1) is 0 Å². The van der Waals surface area contributed by atoms with Gasteiger partial charge in [-0.3, -0.25) is 4.79 Å². The molecule has 0 aliphatic heterocycles. The molecule has 0 saturated heterocycles. The second kappa shape index (κ2) is 12.1. The van der Waals surface area contributed by atoms with Gasteiger partial charge in [0, 0.05) is 0 Å². The van der Waals surface area contributed by atoms with Crippen molar-refractivity contribution in [3.63, 3.8) is 0 Å². The highest BCUT2D eigenvalue weighted by Gasteiger charge is 2.19. The summed E-state index contributed by atoms with van der Waals surface area (Å²) < 4.78 is 18.9. The Hall–Kier alpha value is -4.26. The van der Waals surface area contributed by atoms with E-state index in [0.717, 1.165) is 40.2 Å². The average molecular weight is 500 g/mol. The lowest BCUT2D eigenvalue weighted by Crippen LogP contribution is -2.30. The van der Waals surface area contributed by atoms with Gasteiger partial charge < -0.3 is 24.1 Å². The molecule has 1 heterocycles. The minimum Gasteiger partial charge on any atom is -0.497 e. The van der Waals surface area contributed by atoms with Crippen molar-refractivity contribution >= 4 is 16.9 Å². The Morgan fingerprint density at radius 2 is 1.78 bits per heavy atom. The minimum atomic E-state index is -0.286. The van der Waals surface area contributed by atoms with Crippen molar-refractivity contribution in [3.05, 3.63) is 96.3 Å². The Balaban J connectivity index is 1.47. The number of rotatable bonds is 12. The van der Waals surface area contributed by atoms with Gasteiger partial charge in [-0.2, -0.15) is 0 Å². The van der Waals surface area contributed by atoms with Gasteiger partial charge in [0.25, 0.3) is 0 Å². The quantitative estimate of drug-likeness (QED) is 0.269. The summed E-state index contributed by atoms with van der Waals surface area (Å²) in [6.07, 6.45) is 2.90. The summed E-state index contributed by atoms with van der Waals surface area (Å²) in [5, 5.41) is 3.10. The van der Waals surface area contributed by atoms with Gasteiger partial charge in [-0.1, -0.05) is 36.4 Å². The Labute approximate surface area is 217 Å². The molecule has 7 heteroatoms. The SMILES string of the molecule is C=CCc1ccc(OCCn2c(C(C)NC(=O)Cc3ccc(OC)cc3)nc3ccccc32)c(OC)c1. The summed E-state index contributed by atoms with van der Waals surface area (Å²) in [5.74, 6) is 2.84. The zero-order valence-corrected chi connectivity index (χ0v) is 21.6. The van der Waals surface area contributed by atoms with Gasteiger partial charge in [0.2, 0.25) is 5.91 Å². The Bertz CT molecular complexity index is 1360. The highest BCUT2D eigenvalue weighted by atomic mass is 16.5. The molecule has 0 aliphatic rings. The smallest absolute Gasteiger partial charge is 0.224 e. The molecule has 0 radical (unpaired) electrons. The monoisotopic (exact) mass is 499 g/mol. The van der Waals surface area contributed by atoms with E-state index in [-0.39, 0.29) is 18.4 Å². The number of carbonyl (C=O) groups excluding carboxylic acids is 1. The lowest BCUT2D eigenvalue weighted by molar-refractivity contribution is -0.121. The summed E-state index contributed by atoms with van der Waals surface area (Å²) in [6.45, 7) is 6.72. The van der Waals surface area contributed by atoms with Gasteiger partial charge >= 0.3 is 0 Å². The molecule has 192 valence electrons. The van der Waals surface area contributed by atoms with Crippen LogP contribution < -0.4 is 19.5 Å². The summed E-state index contributed by atoms with van der Waals surface area (Å²) in [6, 6.07) is 21.1. The maximum atomic E-state index is 12.8. The van der Waals surface area contributed by atoms with Crippen molar-refractivity contribution in [1.82, 2.24) is 14.9 Å². The fraction of sp³-hybridized carbons (Fsp3) is 0.267. The number of carbonyl (C=O) groups is 1. The van der Waals surface area contributed by atoms with Gasteiger partial charge in [0.15, 0.2) is 11.5 Å². The first-order valence-corrected chi connectivity index (χ1v) is 12.3. The fourth-order valence-electron chi connectivity index (χ4n) is 4.32. The summed E-state index contributed by atoms with van der Waals surface area (Å²) >= 11 is 0. The number of aromatic nitrogens is 2. The maximum Gasteiger partial charge on any atom is 0.224 e. The van der Waals surface area contributed by atoms with Crippen LogP contribution in [0.5, 0.6) is 17.2 Å². The third kappa shape index (κ3) is 6.30. The van der Waals surface area contributed by atoms with Crippen LogP contribution >= 0.6 is 0 Å². The molecule has 0 spiro atoms. The van der Waals surface area contributed by atoms with E-state index >= 15 is 0 Å². The topological polar surface area (TPSA) is 74.6 Å². The number of imidazole rings is 1. The molecule has 1 N–H and O–H groups in total. The molecule has 7 nitrogen and oxygen atoms in total. The molecule has 37 heavy (non-hydrogen) atoms. The Morgan fingerprint density at radius 1 is 1.03 bits per heavy atom. The van der Waals surface area contributed by atoms with E-state index in [2.05, 4.69) is 16.5 Å². The molecule has 1 aromatic heterocycles. The lowest BCUT2D eigenvalue weighted by Gasteiger charge is -2.17. The van der Waals surface area contributed by atoms with Crippen LogP contribution in [0.4, 0.5) is 0 Å². The first-order chi connectivity index (χ1) is 18.0. The van der Waals surface area contributed by atoms with E-state index in [0.29, 0.717) is 24.7 Å². The second-order valence-corrected chi connectivity index (χ2v) is 8.75. The minimum absolute atomic E-state index is 0.0723. The van der Waals surface area contributed by atoms with E-state index in [9.17, 15) is 4.79 Å². The number of fused-ring (bicyclic) bond motifs is 1. The van der Waals surface area contributed by atoms with E-state index in [4.69, 9.17) is 19.2 Å². The molecule has 0 aliphatic carbocycles. The van der Waals surface area contributed by atoms with Gasteiger partial charge in [0.05, 0.1) is 44.3 Å². The van der Waals surface area contributed by atoms with Gasteiger partial charge in [-0.25, -0.2) is 4.98 Å². The van der Waals surface area contributed by atoms with E-state index in [1.165, 1.54) is 0 Å². The number of benzene rings is 3. The normalized spacial score (nSPS) is 11.6. The lowest BCUT2D eigenvalue weighted by atomic mass is 10.1. The number of nitrogens with one attached hydrogen (secondary N) is 1. The predicted molar refractivity (Wildman–Crippen MR) is 145 cm³/mol. The van der Waals surface area contributed by atoms with Crippen LogP contribution in [0.15, 0.2) is 79.4 Å². The molecule has 4 aromatic rings. The van der Waals surface area contributed by atoms with Crippen LogP contribution in [0.2, 0.25) is 0 Å². The number of amides is 1. The largest absolute Gasteiger partial charge is 0.497 e. The molecule has 0 fully saturated rings. The number of hydrogen-bond donors (Lipinski definition) is 1. The van der Waals surface area contributed by atoms with E-state index < -0.39 is 0 Å². The van der Waals surface area contributed by atoms with Crippen molar-refractivity contribution in [2.45, 2.75) is 32.4 Å². The highest BCUT2D eigenvalue weighted by Crippen LogP contribution is 2.29. The van der Waals surface area contributed by atoms with E-state index in [1.807, 2.05) is 79.7 Å². The zero-order valence-electron chi connectivity index (χ0n) is 21.6. The van der Waals surface area contributed by atoms with Crippen molar-refractivity contribution in [2.24, 2.45) is 0 Å².